The van der Waals surface area contributed by atoms with Crippen LogP contribution in [0.2, 0.25) is 0 Å². The Hall–Kier alpha value is -1.77. The third-order valence-electron chi connectivity index (χ3n) is 4.28. The van der Waals surface area contributed by atoms with Crippen molar-refractivity contribution >= 4 is 11.6 Å². The van der Waals surface area contributed by atoms with Crippen molar-refractivity contribution in [2.75, 3.05) is 11.9 Å². The predicted molar refractivity (Wildman–Crippen MR) is 93.2 cm³/mol. The first-order valence-corrected chi connectivity index (χ1v) is 8.35. The van der Waals surface area contributed by atoms with Crippen LogP contribution in [0, 0.1) is 13.8 Å². The summed E-state index contributed by atoms with van der Waals surface area (Å²) in [6.45, 7) is 6.79. The first-order valence-electron chi connectivity index (χ1n) is 8.35. The highest BCUT2D eigenvalue weighted by Gasteiger charge is 2.13. The van der Waals surface area contributed by atoms with Crippen LogP contribution in [0.4, 0.5) is 5.69 Å². The molecule has 1 aliphatic rings. The Kier molecular flexibility index (Phi) is 6.05. The summed E-state index contributed by atoms with van der Waals surface area (Å²) >= 11 is 0. The molecule has 0 heterocycles. The van der Waals surface area contributed by atoms with Crippen molar-refractivity contribution in [2.24, 2.45) is 0 Å². The van der Waals surface area contributed by atoms with Crippen LogP contribution in [0.5, 0.6) is 0 Å². The van der Waals surface area contributed by atoms with Crippen LogP contribution >= 0.6 is 0 Å². The molecule has 1 unspecified atom stereocenters. The zero-order chi connectivity index (χ0) is 15.9. The van der Waals surface area contributed by atoms with E-state index in [1.54, 1.807) is 0 Å². The molecular weight excluding hydrogens is 272 g/mol. The fourth-order valence-electron chi connectivity index (χ4n) is 2.91. The molecule has 3 nitrogen and oxygen atoms in total. The summed E-state index contributed by atoms with van der Waals surface area (Å²) in [6, 6.07) is 6.01. The molecule has 2 rings (SSSR count). The highest BCUT2D eigenvalue weighted by atomic mass is 16.2. The first-order chi connectivity index (χ1) is 10.6. The molecular formula is C19H28N2O. The number of nitrogens with one attached hydrogen (secondary N) is 2. The maximum atomic E-state index is 12.2. The van der Waals surface area contributed by atoms with E-state index in [0.717, 1.165) is 18.7 Å². The summed E-state index contributed by atoms with van der Waals surface area (Å²) in [7, 11) is 0. The lowest BCUT2D eigenvalue weighted by Crippen LogP contribution is -2.38. The number of carbonyl (C=O) groups excluding carboxylic acids is 1. The quantitative estimate of drug-likeness (QED) is 0.776. The van der Waals surface area contributed by atoms with E-state index < -0.39 is 0 Å². The minimum Gasteiger partial charge on any atom is -0.374 e. The van der Waals surface area contributed by atoms with Crippen molar-refractivity contribution in [2.45, 2.75) is 58.9 Å². The monoisotopic (exact) mass is 300 g/mol. The van der Waals surface area contributed by atoms with E-state index in [2.05, 4.69) is 42.7 Å². The highest BCUT2D eigenvalue weighted by Crippen LogP contribution is 2.19. The maximum absolute atomic E-state index is 12.2. The molecule has 3 heteroatoms. The second-order valence-corrected chi connectivity index (χ2v) is 6.33. The second-order valence-electron chi connectivity index (χ2n) is 6.33. The number of rotatable bonds is 6. The summed E-state index contributed by atoms with van der Waals surface area (Å²) in [4.78, 5) is 12.2. The van der Waals surface area contributed by atoms with E-state index in [4.69, 9.17) is 0 Å². The van der Waals surface area contributed by atoms with Gasteiger partial charge in [0, 0.05) is 12.2 Å². The maximum Gasteiger partial charge on any atom is 0.242 e. The molecule has 0 aliphatic heterocycles. The van der Waals surface area contributed by atoms with Crippen molar-refractivity contribution in [3.8, 4) is 0 Å². The fourth-order valence-corrected chi connectivity index (χ4v) is 2.91. The van der Waals surface area contributed by atoms with Crippen LogP contribution in [0.3, 0.4) is 0 Å². The van der Waals surface area contributed by atoms with E-state index in [1.165, 1.54) is 42.4 Å². The van der Waals surface area contributed by atoms with Gasteiger partial charge in [-0.2, -0.15) is 0 Å². The molecule has 0 saturated carbocycles. The molecule has 22 heavy (non-hydrogen) atoms. The van der Waals surface area contributed by atoms with Crippen molar-refractivity contribution in [1.82, 2.24) is 5.32 Å². The standard InChI is InChI=1S/C19H28N2O/c1-14-9-10-18(15(2)13-14)21-16(3)19(22)20-12-11-17-7-5-4-6-8-17/h7,9-10,13,16,21H,4-6,8,11-12H2,1-3H3,(H,20,22). The third kappa shape index (κ3) is 4.90. The van der Waals surface area contributed by atoms with E-state index in [1.807, 2.05) is 13.0 Å². The van der Waals surface area contributed by atoms with E-state index in [0.29, 0.717) is 0 Å². The summed E-state index contributed by atoms with van der Waals surface area (Å²) in [6.07, 6.45) is 8.34. The average molecular weight is 300 g/mol. The molecule has 120 valence electrons. The highest BCUT2D eigenvalue weighted by molar-refractivity contribution is 5.84. The van der Waals surface area contributed by atoms with Crippen molar-refractivity contribution in [3.05, 3.63) is 41.0 Å². The van der Waals surface area contributed by atoms with Gasteiger partial charge in [0.1, 0.15) is 6.04 Å². The summed E-state index contributed by atoms with van der Waals surface area (Å²) in [5.41, 5.74) is 4.94. The van der Waals surface area contributed by atoms with Crippen molar-refractivity contribution < 1.29 is 4.79 Å². The van der Waals surface area contributed by atoms with Crippen LogP contribution in [-0.4, -0.2) is 18.5 Å². The normalized spacial score (nSPS) is 15.9. The Morgan fingerprint density at radius 1 is 1.27 bits per heavy atom. The SMILES string of the molecule is Cc1ccc(NC(C)C(=O)NCCC2=CCCCC2)c(C)c1. The Labute approximate surface area is 134 Å². The van der Waals surface area contributed by atoms with Gasteiger partial charge < -0.3 is 10.6 Å². The molecule has 0 saturated heterocycles. The van der Waals surface area contributed by atoms with Gasteiger partial charge in [0.05, 0.1) is 0 Å². The molecule has 1 aromatic carbocycles. The lowest BCUT2D eigenvalue weighted by atomic mass is 9.97. The summed E-state index contributed by atoms with van der Waals surface area (Å²) in [5.74, 6) is 0.0661. The average Bonchev–Trinajstić information content (AvgIpc) is 2.51. The molecule has 0 radical (unpaired) electrons. The third-order valence-corrected chi connectivity index (χ3v) is 4.28. The van der Waals surface area contributed by atoms with E-state index in [9.17, 15) is 4.79 Å². The summed E-state index contributed by atoms with van der Waals surface area (Å²) in [5, 5.41) is 6.34. The topological polar surface area (TPSA) is 41.1 Å². The van der Waals surface area contributed by atoms with E-state index >= 15 is 0 Å². The lowest BCUT2D eigenvalue weighted by molar-refractivity contribution is -0.121. The Balaban J connectivity index is 1.78. The molecule has 0 spiro atoms. The molecule has 0 fully saturated rings. The first kappa shape index (κ1) is 16.6. The Morgan fingerprint density at radius 2 is 2.09 bits per heavy atom. The van der Waals surface area contributed by atoms with Gasteiger partial charge in [0.25, 0.3) is 0 Å². The van der Waals surface area contributed by atoms with Crippen molar-refractivity contribution in [3.63, 3.8) is 0 Å². The van der Waals surface area contributed by atoms with Gasteiger partial charge in [-0.25, -0.2) is 0 Å². The van der Waals surface area contributed by atoms with Crippen LogP contribution in [0.1, 0.15) is 50.2 Å². The minimum atomic E-state index is -0.221. The number of aryl methyl sites for hydroxylation is 2. The van der Waals surface area contributed by atoms with Gasteiger partial charge >= 0.3 is 0 Å². The lowest BCUT2D eigenvalue weighted by Gasteiger charge is -2.18. The second kappa shape index (κ2) is 8.02. The smallest absolute Gasteiger partial charge is 0.242 e. The van der Waals surface area contributed by atoms with Gasteiger partial charge in [-0.3, -0.25) is 4.79 Å². The van der Waals surface area contributed by atoms with E-state index in [-0.39, 0.29) is 11.9 Å². The molecule has 0 aromatic heterocycles. The minimum absolute atomic E-state index is 0.0661. The van der Waals surface area contributed by atoms with Gasteiger partial charge in [-0.05, 0) is 64.5 Å². The van der Waals surface area contributed by atoms with Gasteiger partial charge in [-0.15, -0.1) is 0 Å². The molecule has 1 aliphatic carbocycles. The zero-order valence-electron chi connectivity index (χ0n) is 14.0. The van der Waals surface area contributed by atoms with Gasteiger partial charge in [-0.1, -0.05) is 29.3 Å². The number of hydrogen-bond acceptors (Lipinski definition) is 2. The van der Waals surface area contributed by atoms with Crippen LogP contribution in [0.25, 0.3) is 0 Å². The number of carbonyl (C=O) groups is 1. The zero-order valence-corrected chi connectivity index (χ0v) is 14.0. The van der Waals surface area contributed by atoms with Crippen molar-refractivity contribution in [1.29, 1.82) is 0 Å². The number of allylic oxidation sites excluding steroid dienone is 1. The predicted octanol–water partition coefficient (Wildman–Crippen LogP) is 4.11. The molecule has 0 bridgehead atoms. The largest absolute Gasteiger partial charge is 0.374 e. The molecule has 1 aromatic rings. The number of anilines is 1. The van der Waals surface area contributed by atoms with Crippen LogP contribution in [0.15, 0.2) is 29.8 Å². The van der Waals surface area contributed by atoms with Gasteiger partial charge in [0.15, 0.2) is 0 Å². The number of hydrogen-bond donors (Lipinski definition) is 2. The molecule has 1 amide bonds. The number of benzene rings is 1. The molecule has 2 N–H and O–H groups in total. The summed E-state index contributed by atoms with van der Waals surface area (Å²) < 4.78 is 0. The Bertz CT molecular complexity index is 548. The van der Waals surface area contributed by atoms with Crippen LogP contribution in [-0.2, 0) is 4.79 Å². The Morgan fingerprint density at radius 3 is 2.77 bits per heavy atom. The van der Waals surface area contributed by atoms with Gasteiger partial charge in [0.2, 0.25) is 5.91 Å². The van der Waals surface area contributed by atoms with Crippen LogP contribution < -0.4 is 10.6 Å². The number of amides is 1. The molecule has 1 atom stereocenters. The fraction of sp³-hybridized carbons (Fsp3) is 0.526.